The van der Waals surface area contributed by atoms with Crippen molar-refractivity contribution in [1.29, 1.82) is 0 Å². The van der Waals surface area contributed by atoms with Crippen molar-refractivity contribution < 1.29 is 46.1 Å². The summed E-state index contributed by atoms with van der Waals surface area (Å²) in [6, 6.07) is 10.4. The van der Waals surface area contributed by atoms with Crippen LogP contribution in [0.2, 0.25) is 0 Å². The number of hydrogen-bond acceptors (Lipinski definition) is 0. The maximum Gasteiger partial charge on any atom is -1.00 e. The van der Waals surface area contributed by atoms with Gasteiger partial charge < -0.3 is 24.8 Å². The van der Waals surface area contributed by atoms with Gasteiger partial charge in [-0.25, -0.2) is 0 Å². The summed E-state index contributed by atoms with van der Waals surface area (Å²) in [5.74, 6) is 0.598. The first-order valence-corrected chi connectivity index (χ1v) is 18.5. The van der Waals surface area contributed by atoms with Gasteiger partial charge in [0.05, 0.1) is 0 Å². The maximum atomic E-state index is 2.67. The standard InChI is InChI=1S/C23H21.C11H17.C3H6.2ClH.Zr/c1-22(2)7-5-14-10-18-16(12-20(14)22)9-17-13-21-15(11-19(17)18)6-8-23(21,3)4;1-5-9-6-7-10(8-9)11(2,3)4;1-3-2;;;/h5-13H,1-4H3;7-9H,5H2,1-4H3;1-2H3;2*1H;/q;;;;;+2/p-2. The SMILES string of the molecule is CCC1C=C(C(C)(C)C)C=[C]1[Zr+2](=[C](C)C)[CH]1c2cc3c(cc2-c2cc4c(cc21)C(C)(C)C=C4)C=CC3(C)C.[Cl-].[Cl-]. The molecule has 0 radical (unpaired) electrons. The second-order valence-electron chi connectivity index (χ2n) is 14.5. The van der Waals surface area contributed by atoms with Crippen LogP contribution in [0, 0.1) is 11.3 Å². The van der Waals surface area contributed by atoms with Crippen LogP contribution in [0.5, 0.6) is 0 Å². The molecule has 0 aliphatic heterocycles. The Hall–Kier alpha value is -1.27. The van der Waals surface area contributed by atoms with Gasteiger partial charge in [-0.05, 0) is 0 Å². The first-order chi connectivity index (χ1) is 17.7. The predicted octanol–water partition coefficient (Wildman–Crippen LogP) is 4.10. The van der Waals surface area contributed by atoms with Crippen LogP contribution in [0.4, 0.5) is 0 Å². The third kappa shape index (κ3) is 4.81. The molecule has 1 atom stereocenters. The van der Waals surface area contributed by atoms with Crippen molar-refractivity contribution in [1.82, 2.24) is 0 Å². The monoisotopic (exact) mass is 648 g/mol. The number of fused-ring (bicyclic) bond motifs is 5. The van der Waals surface area contributed by atoms with Crippen LogP contribution in [0.25, 0.3) is 23.3 Å². The van der Waals surface area contributed by atoms with E-state index in [0.717, 1.165) is 0 Å². The number of hydrogen-bond donors (Lipinski definition) is 0. The molecule has 40 heavy (non-hydrogen) atoms. The molecule has 0 saturated carbocycles. The van der Waals surface area contributed by atoms with Crippen molar-refractivity contribution in [3.8, 4) is 11.1 Å². The Bertz CT molecular complexity index is 1470. The van der Waals surface area contributed by atoms with E-state index < -0.39 is 21.3 Å². The summed E-state index contributed by atoms with van der Waals surface area (Å²) < 4.78 is 4.09. The molecule has 3 heteroatoms. The largest absolute Gasteiger partial charge is 1.00 e. The number of halogens is 2. The zero-order valence-corrected chi connectivity index (χ0v) is 29.9. The normalized spacial score (nSPS) is 20.4. The van der Waals surface area contributed by atoms with Crippen LogP contribution in [-0.4, -0.2) is 3.21 Å². The molecule has 4 aliphatic rings. The first-order valence-electron chi connectivity index (χ1n) is 14.6. The fourth-order valence-corrected chi connectivity index (χ4v) is 16.1. The van der Waals surface area contributed by atoms with Crippen molar-refractivity contribution in [2.75, 3.05) is 0 Å². The molecule has 6 rings (SSSR count). The van der Waals surface area contributed by atoms with E-state index in [9.17, 15) is 0 Å². The Morgan fingerprint density at radius 3 is 1.68 bits per heavy atom. The average Bonchev–Trinajstić information content (AvgIpc) is 3.55. The van der Waals surface area contributed by atoms with Crippen molar-refractivity contribution >= 4 is 15.4 Å². The van der Waals surface area contributed by atoms with E-state index in [0.29, 0.717) is 9.54 Å². The molecule has 0 amide bonds. The van der Waals surface area contributed by atoms with Gasteiger partial charge in [0.15, 0.2) is 0 Å². The minimum absolute atomic E-state index is 0. The summed E-state index contributed by atoms with van der Waals surface area (Å²) in [5, 5.41) is 0. The van der Waals surface area contributed by atoms with Crippen molar-refractivity contribution in [2.24, 2.45) is 11.3 Å². The van der Waals surface area contributed by atoms with Gasteiger partial charge in [-0.3, -0.25) is 0 Å². The molecule has 0 bridgehead atoms. The van der Waals surface area contributed by atoms with E-state index in [1.807, 2.05) is 3.28 Å². The topological polar surface area (TPSA) is 0 Å². The maximum absolute atomic E-state index is 2.67. The molecule has 1 unspecified atom stereocenters. The van der Waals surface area contributed by atoms with E-state index in [2.05, 4.69) is 130 Å². The molecule has 0 heterocycles. The van der Waals surface area contributed by atoms with Gasteiger partial charge in [0.25, 0.3) is 0 Å². The van der Waals surface area contributed by atoms with Crippen LogP contribution in [0.1, 0.15) is 113 Å². The van der Waals surface area contributed by atoms with E-state index >= 15 is 0 Å². The Morgan fingerprint density at radius 1 is 0.800 bits per heavy atom. The molecule has 4 aliphatic carbocycles. The molecule has 210 valence electrons. The van der Waals surface area contributed by atoms with E-state index in [-0.39, 0.29) is 41.1 Å². The number of allylic oxidation sites excluding steroid dienone is 6. The Morgan fingerprint density at radius 2 is 1.27 bits per heavy atom. The van der Waals surface area contributed by atoms with Gasteiger partial charge in [0, 0.05) is 0 Å². The van der Waals surface area contributed by atoms with Crippen LogP contribution >= 0.6 is 0 Å². The van der Waals surface area contributed by atoms with E-state index in [4.69, 9.17) is 0 Å². The van der Waals surface area contributed by atoms with Gasteiger partial charge in [-0.1, -0.05) is 0 Å². The summed E-state index contributed by atoms with van der Waals surface area (Å²) >= 11 is -2.32. The van der Waals surface area contributed by atoms with Gasteiger partial charge in [0.1, 0.15) is 0 Å². The molecular formula is C37H44Cl2Zr. The second-order valence-corrected chi connectivity index (χ2v) is 21.8. The Labute approximate surface area is 263 Å². The molecule has 0 aromatic heterocycles. The summed E-state index contributed by atoms with van der Waals surface area (Å²) in [7, 11) is 0. The third-order valence-electron chi connectivity index (χ3n) is 9.64. The minimum Gasteiger partial charge on any atom is -1.00 e. The zero-order valence-electron chi connectivity index (χ0n) is 25.9. The molecular weight excluding hydrogens is 607 g/mol. The molecule has 0 N–H and O–H groups in total. The van der Waals surface area contributed by atoms with Crippen molar-refractivity contribution in [3.63, 3.8) is 0 Å². The predicted molar refractivity (Wildman–Crippen MR) is 164 cm³/mol. The zero-order chi connectivity index (χ0) is 27.4. The van der Waals surface area contributed by atoms with Crippen LogP contribution in [-0.2, 0) is 32.1 Å². The summed E-state index contributed by atoms with van der Waals surface area (Å²) in [4.78, 5) is 0. The van der Waals surface area contributed by atoms with Gasteiger partial charge in [0.2, 0.25) is 0 Å². The van der Waals surface area contributed by atoms with Crippen molar-refractivity contribution in [3.05, 3.63) is 90.8 Å². The smallest absolute Gasteiger partial charge is 1.00 e. The van der Waals surface area contributed by atoms with Gasteiger partial charge in [-0.15, -0.1) is 0 Å². The number of rotatable bonds is 3. The van der Waals surface area contributed by atoms with Crippen LogP contribution in [0.15, 0.2) is 57.4 Å². The molecule has 0 spiro atoms. The average molecular weight is 651 g/mol. The molecule has 0 saturated heterocycles. The summed E-state index contributed by atoms with van der Waals surface area (Å²) in [6.45, 7) is 24.0. The molecule has 2 aromatic carbocycles. The molecule has 0 nitrogen and oxygen atoms in total. The fraction of sp³-hybridized carbons (Fsp3) is 0.432. The van der Waals surface area contributed by atoms with Crippen LogP contribution < -0.4 is 24.8 Å². The first kappa shape index (κ1) is 31.7. The summed E-state index contributed by atoms with van der Waals surface area (Å²) in [6.07, 6.45) is 16.0. The number of benzene rings is 2. The van der Waals surface area contributed by atoms with Gasteiger partial charge in [-0.2, -0.15) is 0 Å². The Kier molecular flexibility index (Phi) is 8.29. The minimum atomic E-state index is -2.32. The quantitative estimate of drug-likeness (QED) is 0.470. The van der Waals surface area contributed by atoms with E-state index in [1.54, 1.807) is 19.9 Å². The molecule has 0 fully saturated rings. The van der Waals surface area contributed by atoms with Crippen molar-refractivity contribution in [2.45, 2.75) is 90.1 Å². The summed E-state index contributed by atoms with van der Waals surface area (Å²) in [5.41, 5.74) is 14.1. The Balaban J connectivity index is 0.00000185. The third-order valence-corrected chi connectivity index (χ3v) is 18.0. The van der Waals surface area contributed by atoms with Gasteiger partial charge >= 0.3 is 240 Å². The fourth-order valence-electron chi connectivity index (χ4n) is 7.31. The van der Waals surface area contributed by atoms with E-state index in [1.165, 1.54) is 39.8 Å². The second kappa shape index (κ2) is 10.5. The molecule has 2 aromatic rings. The van der Waals surface area contributed by atoms with Crippen LogP contribution in [0.3, 0.4) is 0 Å².